The highest BCUT2D eigenvalue weighted by atomic mass is 79.9. The highest BCUT2D eigenvalue weighted by Crippen LogP contribution is 2.34. The van der Waals surface area contributed by atoms with Crippen LogP contribution in [0.1, 0.15) is 36.9 Å². The van der Waals surface area contributed by atoms with Gasteiger partial charge < -0.3 is 4.84 Å². The SMILES string of the molecule is C[C@H](c1ccc(C(F)(F)F)cc1)N1CC[C@@H]([C@@H]2CC(Br)=NO2)C1. The van der Waals surface area contributed by atoms with E-state index in [0.29, 0.717) is 5.92 Å². The predicted molar refractivity (Wildman–Crippen MR) is 85.4 cm³/mol. The first-order valence-electron chi connectivity index (χ1n) is 7.64. The van der Waals surface area contributed by atoms with Crippen LogP contribution in [0, 0.1) is 5.92 Å². The summed E-state index contributed by atoms with van der Waals surface area (Å²) in [7, 11) is 0. The average molecular weight is 391 g/mol. The minimum atomic E-state index is -4.28. The zero-order valence-electron chi connectivity index (χ0n) is 12.7. The molecule has 0 amide bonds. The van der Waals surface area contributed by atoms with Gasteiger partial charge >= 0.3 is 6.18 Å². The third-order valence-electron chi connectivity index (χ3n) is 4.71. The van der Waals surface area contributed by atoms with Gasteiger partial charge in [0.25, 0.3) is 0 Å². The number of hydrogen-bond donors (Lipinski definition) is 0. The van der Waals surface area contributed by atoms with Crippen molar-refractivity contribution in [3.8, 4) is 0 Å². The van der Waals surface area contributed by atoms with Crippen LogP contribution in [-0.2, 0) is 11.0 Å². The Hall–Kier alpha value is -1.08. The molecule has 0 aromatic heterocycles. The maximum absolute atomic E-state index is 12.6. The Kier molecular flexibility index (Phi) is 4.69. The maximum atomic E-state index is 12.6. The van der Waals surface area contributed by atoms with Crippen LogP contribution in [0.4, 0.5) is 13.2 Å². The Morgan fingerprint density at radius 2 is 2.00 bits per heavy atom. The van der Waals surface area contributed by atoms with Crippen molar-refractivity contribution >= 4 is 20.6 Å². The van der Waals surface area contributed by atoms with Gasteiger partial charge in [0.15, 0.2) is 0 Å². The van der Waals surface area contributed by atoms with Gasteiger partial charge in [0.05, 0.1) is 5.56 Å². The van der Waals surface area contributed by atoms with Gasteiger partial charge in [-0.25, -0.2) is 0 Å². The van der Waals surface area contributed by atoms with E-state index in [1.54, 1.807) is 12.1 Å². The van der Waals surface area contributed by atoms with E-state index in [0.717, 1.165) is 48.2 Å². The van der Waals surface area contributed by atoms with Crippen LogP contribution in [0.5, 0.6) is 0 Å². The molecule has 0 saturated carbocycles. The molecule has 23 heavy (non-hydrogen) atoms. The third kappa shape index (κ3) is 3.71. The second-order valence-corrected chi connectivity index (χ2v) is 7.07. The molecule has 2 aliphatic rings. The second kappa shape index (κ2) is 6.43. The second-order valence-electron chi connectivity index (χ2n) is 6.15. The third-order valence-corrected chi connectivity index (χ3v) is 5.18. The molecule has 3 rings (SSSR count). The molecule has 1 fully saturated rings. The number of hydrogen-bond acceptors (Lipinski definition) is 3. The van der Waals surface area contributed by atoms with Crippen molar-refractivity contribution in [3.63, 3.8) is 0 Å². The van der Waals surface area contributed by atoms with Crippen LogP contribution < -0.4 is 0 Å². The summed E-state index contributed by atoms with van der Waals surface area (Å²) in [5.41, 5.74) is 0.303. The number of alkyl halides is 3. The molecule has 3 nitrogen and oxygen atoms in total. The first kappa shape index (κ1) is 16.8. The van der Waals surface area contributed by atoms with Crippen LogP contribution in [-0.4, -0.2) is 28.7 Å². The van der Waals surface area contributed by atoms with Crippen molar-refractivity contribution < 1.29 is 18.0 Å². The molecule has 2 aliphatic heterocycles. The molecule has 0 unspecified atom stereocenters. The molecule has 0 bridgehead atoms. The van der Waals surface area contributed by atoms with E-state index in [4.69, 9.17) is 4.84 Å². The highest BCUT2D eigenvalue weighted by molar-refractivity contribution is 9.18. The lowest BCUT2D eigenvalue weighted by Gasteiger charge is -2.25. The fourth-order valence-corrected chi connectivity index (χ4v) is 3.65. The van der Waals surface area contributed by atoms with Crippen LogP contribution in [0.2, 0.25) is 0 Å². The molecule has 0 aliphatic carbocycles. The number of likely N-dealkylation sites (tertiary alicyclic amines) is 1. The van der Waals surface area contributed by atoms with Crippen LogP contribution in [0.15, 0.2) is 29.4 Å². The van der Waals surface area contributed by atoms with Crippen molar-refractivity contribution in [3.05, 3.63) is 35.4 Å². The predicted octanol–water partition coefficient (Wildman–Crippen LogP) is 4.59. The Balaban J connectivity index is 1.61. The lowest BCUT2D eigenvalue weighted by Crippen LogP contribution is -2.28. The summed E-state index contributed by atoms with van der Waals surface area (Å²) in [4.78, 5) is 7.72. The van der Waals surface area contributed by atoms with Crippen molar-refractivity contribution in [2.75, 3.05) is 13.1 Å². The van der Waals surface area contributed by atoms with Crippen molar-refractivity contribution in [2.24, 2.45) is 11.1 Å². The number of halogens is 4. The summed E-state index contributed by atoms with van der Waals surface area (Å²) in [6, 6.07) is 5.56. The average Bonchev–Trinajstić information content (AvgIpc) is 3.14. The zero-order chi connectivity index (χ0) is 16.6. The summed E-state index contributed by atoms with van der Waals surface area (Å²) in [5.74, 6) is 0.408. The Labute approximate surface area is 141 Å². The lowest BCUT2D eigenvalue weighted by atomic mass is 9.99. The highest BCUT2D eigenvalue weighted by Gasteiger charge is 2.36. The van der Waals surface area contributed by atoms with E-state index in [1.807, 2.05) is 6.92 Å². The smallest absolute Gasteiger partial charge is 0.391 e. The monoisotopic (exact) mass is 390 g/mol. The minimum absolute atomic E-state index is 0.0908. The van der Waals surface area contributed by atoms with E-state index in [9.17, 15) is 13.2 Å². The normalized spacial score (nSPS) is 26.9. The first-order valence-corrected chi connectivity index (χ1v) is 8.43. The topological polar surface area (TPSA) is 24.8 Å². The summed E-state index contributed by atoms with van der Waals surface area (Å²) < 4.78 is 38.8. The van der Waals surface area contributed by atoms with E-state index in [1.165, 1.54) is 0 Å². The van der Waals surface area contributed by atoms with Gasteiger partial charge in [-0.2, -0.15) is 13.2 Å². The Morgan fingerprint density at radius 1 is 1.30 bits per heavy atom. The van der Waals surface area contributed by atoms with Crippen molar-refractivity contribution in [1.82, 2.24) is 4.90 Å². The van der Waals surface area contributed by atoms with Gasteiger partial charge in [0.2, 0.25) is 0 Å². The molecule has 1 aromatic carbocycles. The van der Waals surface area contributed by atoms with Crippen LogP contribution >= 0.6 is 15.9 Å². The molecule has 2 heterocycles. The summed E-state index contributed by atoms with van der Waals surface area (Å²) >= 11 is 3.35. The van der Waals surface area contributed by atoms with E-state index in [2.05, 4.69) is 26.0 Å². The molecule has 7 heteroatoms. The van der Waals surface area contributed by atoms with Gasteiger partial charge in [0.1, 0.15) is 10.7 Å². The molecule has 1 aromatic rings. The van der Waals surface area contributed by atoms with Crippen LogP contribution in [0.3, 0.4) is 0 Å². The van der Waals surface area contributed by atoms with E-state index in [-0.39, 0.29) is 12.1 Å². The van der Waals surface area contributed by atoms with Crippen molar-refractivity contribution in [1.29, 1.82) is 0 Å². The Morgan fingerprint density at radius 3 is 2.57 bits per heavy atom. The van der Waals surface area contributed by atoms with E-state index < -0.39 is 11.7 Å². The minimum Gasteiger partial charge on any atom is -0.391 e. The molecular formula is C16H18BrF3N2O. The van der Waals surface area contributed by atoms with Crippen molar-refractivity contribution in [2.45, 2.75) is 38.1 Å². The zero-order valence-corrected chi connectivity index (χ0v) is 14.3. The Bertz CT molecular complexity index is 588. The summed E-state index contributed by atoms with van der Waals surface area (Å²) in [6.45, 7) is 3.83. The molecule has 126 valence electrons. The van der Waals surface area contributed by atoms with Crippen LogP contribution in [0.25, 0.3) is 0 Å². The van der Waals surface area contributed by atoms with E-state index >= 15 is 0 Å². The molecular weight excluding hydrogens is 373 g/mol. The summed E-state index contributed by atoms with van der Waals surface area (Å²) in [6.07, 6.45) is -2.36. The number of oxime groups is 1. The van der Waals surface area contributed by atoms with Gasteiger partial charge in [0, 0.05) is 24.9 Å². The molecule has 0 radical (unpaired) electrons. The number of benzene rings is 1. The molecule has 0 N–H and O–H groups in total. The van der Waals surface area contributed by atoms with Gasteiger partial charge in [-0.3, -0.25) is 4.90 Å². The number of nitrogens with zero attached hydrogens (tertiary/aromatic N) is 2. The molecule has 0 spiro atoms. The first-order chi connectivity index (χ1) is 10.8. The van der Waals surface area contributed by atoms with Gasteiger partial charge in [-0.05, 0) is 53.5 Å². The fourth-order valence-electron chi connectivity index (χ4n) is 3.25. The van der Waals surface area contributed by atoms with Gasteiger partial charge in [-0.15, -0.1) is 0 Å². The lowest BCUT2D eigenvalue weighted by molar-refractivity contribution is -0.137. The standard InChI is InChI=1S/C16H18BrF3N2O/c1-10(11-2-4-13(5-3-11)16(18,19)20)22-7-6-12(9-22)14-8-15(17)21-23-14/h2-5,10,12,14H,6-9H2,1H3/t10-,12-,14+/m1/s1. The van der Waals surface area contributed by atoms with Gasteiger partial charge in [-0.1, -0.05) is 17.3 Å². The maximum Gasteiger partial charge on any atom is 0.416 e. The number of rotatable bonds is 3. The molecule has 1 saturated heterocycles. The molecule has 3 atom stereocenters. The summed E-state index contributed by atoms with van der Waals surface area (Å²) in [5, 5.41) is 3.93. The quantitative estimate of drug-likeness (QED) is 0.753. The fraction of sp³-hybridized carbons (Fsp3) is 0.562. The largest absolute Gasteiger partial charge is 0.416 e.